The lowest BCUT2D eigenvalue weighted by Crippen LogP contribution is -2.23. The predicted molar refractivity (Wildman–Crippen MR) is 83.4 cm³/mol. The molecule has 21 heavy (non-hydrogen) atoms. The molecule has 1 aromatic carbocycles. The number of aliphatic imine (C=N–C) groups is 1. The van der Waals surface area contributed by atoms with Crippen LogP contribution in [0.4, 0.5) is 14.5 Å². The lowest BCUT2D eigenvalue weighted by molar-refractivity contribution is 0.461. The predicted octanol–water partition coefficient (Wildman–Crippen LogP) is 4.31. The monoisotopic (exact) mass is 345 g/mol. The Morgan fingerprint density at radius 2 is 2.24 bits per heavy atom. The van der Waals surface area contributed by atoms with E-state index in [0.717, 1.165) is 28.4 Å². The normalized spacial score (nSPS) is 16.9. The minimum Gasteiger partial charge on any atom is -0.345 e. The van der Waals surface area contributed by atoms with Gasteiger partial charge in [-0.15, -0.1) is 11.3 Å². The van der Waals surface area contributed by atoms with Crippen molar-refractivity contribution in [2.75, 3.05) is 12.3 Å². The number of rotatable bonds is 3. The molecule has 0 spiro atoms. The van der Waals surface area contributed by atoms with E-state index in [-0.39, 0.29) is 5.69 Å². The zero-order valence-corrected chi connectivity index (χ0v) is 13.1. The summed E-state index contributed by atoms with van der Waals surface area (Å²) in [6.45, 7) is 1.46. The van der Waals surface area contributed by atoms with Crippen LogP contribution in [0.1, 0.15) is 4.88 Å². The first kappa shape index (κ1) is 14.7. The van der Waals surface area contributed by atoms with E-state index in [4.69, 9.17) is 11.6 Å². The SMILES string of the molecule is Fc1ccc(N=C2SCCN2Cc2cnc(Cl)s2)c(F)c1. The quantitative estimate of drug-likeness (QED) is 0.829. The molecule has 1 fully saturated rings. The molecule has 0 aliphatic carbocycles. The van der Waals surface area contributed by atoms with E-state index in [1.807, 2.05) is 4.90 Å². The average Bonchev–Trinajstić information content (AvgIpc) is 3.03. The molecule has 2 heterocycles. The van der Waals surface area contributed by atoms with Crippen molar-refractivity contribution in [3.63, 3.8) is 0 Å². The summed E-state index contributed by atoms with van der Waals surface area (Å²) in [7, 11) is 0. The Labute approximate surface area is 133 Å². The molecule has 1 saturated heterocycles. The molecule has 0 atom stereocenters. The topological polar surface area (TPSA) is 28.5 Å². The van der Waals surface area contributed by atoms with Crippen molar-refractivity contribution in [3.05, 3.63) is 45.4 Å². The van der Waals surface area contributed by atoms with Crippen LogP contribution in [0.5, 0.6) is 0 Å². The van der Waals surface area contributed by atoms with Gasteiger partial charge in [-0.3, -0.25) is 0 Å². The van der Waals surface area contributed by atoms with Gasteiger partial charge in [-0.1, -0.05) is 23.4 Å². The van der Waals surface area contributed by atoms with Crippen molar-refractivity contribution in [2.45, 2.75) is 6.54 Å². The number of nitrogens with zero attached hydrogens (tertiary/aromatic N) is 3. The largest absolute Gasteiger partial charge is 0.345 e. The van der Waals surface area contributed by atoms with Crippen LogP contribution >= 0.6 is 34.7 Å². The summed E-state index contributed by atoms with van der Waals surface area (Å²) < 4.78 is 27.1. The van der Waals surface area contributed by atoms with E-state index in [2.05, 4.69) is 9.98 Å². The Kier molecular flexibility index (Phi) is 4.42. The highest BCUT2D eigenvalue weighted by Gasteiger charge is 2.21. The molecule has 2 aromatic rings. The van der Waals surface area contributed by atoms with Gasteiger partial charge >= 0.3 is 0 Å². The van der Waals surface area contributed by atoms with Crippen LogP contribution < -0.4 is 0 Å². The van der Waals surface area contributed by atoms with Crippen molar-refractivity contribution in [2.24, 2.45) is 4.99 Å². The second kappa shape index (κ2) is 6.29. The van der Waals surface area contributed by atoms with E-state index >= 15 is 0 Å². The molecule has 0 amide bonds. The number of aromatic nitrogens is 1. The van der Waals surface area contributed by atoms with Gasteiger partial charge in [-0.2, -0.15) is 0 Å². The van der Waals surface area contributed by atoms with Gasteiger partial charge in [0.2, 0.25) is 0 Å². The van der Waals surface area contributed by atoms with Gasteiger partial charge in [0, 0.05) is 29.4 Å². The molecule has 8 heteroatoms. The van der Waals surface area contributed by atoms with Crippen molar-refractivity contribution < 1.29 is 8.78 Å². The van der Waals surface area contributed by atoms with Gasteiger partial charge in [-0.25, -0.2) is 18.8 Å². The van der Waals surface area contributed by atoms with E-state index in [1.54, 1.807) is 18.0 Å². The van der Waals surface area contributed by atoms with E-state index in [0.29, 0.717) is 11.0 Å². The first-order chi connectivity index (χ1) is 10.1. The van der Waals surface area contributed by atoms with Crippen molar-refractivity contribution >= 4 is 45.6 Å². The summed E-state index contributed by atoms with van der Waals surface area (Å²) in [5.41, 5.74) is 0.146. The highest BCUT2D eigenvalue weighted by molar-refractivity contribution is 8.14. The molecule has 1 aliphatic heterocycles. The van der Waals surface area contributed by atoms with E-state index in [1.165, 1.54) is 23.5 Å². The maximum Gasteiger partial charge on any atom is 0.183 e. The molecule has 0 saturated carbocycles. The molecule has 0 N–H and O–H groups in total. The van der Waals surface area contributed by atoms with Gasteiger partial charge < -0.3 is 4.90 Å². The number of hydrogen-bond acceptors (Lipinski definition) is 4. The van der Waals surface area contributed by atoms with Crippen molar-refractivity contribution in [1.82, 2.24) is 9.88 Å². The third-order valence-corrected chi connectivity index (χ3v) is 4.95. The summed E-state index contributed by atoms with van der Waals surface area (Å²) in [6, 6.07) is 3.39. The lowest BCUT2D eigenvalue weighted by atomic mass is 10.3. The fourth-order valence-electron chi connectivity index (χ4n) is 1.90. The second-order valence-corrected chi connectivity index (χ2v) is 7.10. The molecule has 3 rings (SSSR count). The van der Waals surface area contributed by atoms with Gasteiger partial charge in [0.05, 0.1) is 6.54 Å². The summed E-state index contributed by atoms with van der Waals surface area (Å²) >= 11 is 8.78. The second-order valence-electron chi connectivity index (χ2n) is 4.34. The number of halogens is 3. The summed E-state index contributed by atoms with van der Waals surface area (Å²) in [5.74, 6) is -0.378. The minimum atomic E-state index is -0.657. The van der Waals surface area contributed by atoms with Gasteiger partial charge in [-0.05, 0) is 12.1 Å². The molecule has 3 nitrogen and oxygen atoms in total. The summed E-state index contributed by atoms with van der Waals surface area (Å²) in [4.78, 5) is 11.4. The molecule has 0 unspecified atom stereocenters. The Bertz CT molecular complexity index is 690. The van der Waals surface area contributed by atoms with Crippen LogP contribution in [-0.2, 0) is 6.54 Å². The Morgan fingerprint density at radius 3 is 2.95 bits per heavy atom. The smallest absolute Gasteiger partial charge is 0.183 e. The molecule has 1 aliphatic rings. The number of thiazole rings is 1. The summed E-state index contributed by atoms with van der Waals surface area (Å²) in [6.07, 6.45) is 1.73. The average molecular weight is 346 g/mol. The van der Waals surface area contributed by atoms with Crippen molar-refractivity contribution in [1.29, 1.82) is 0 Å². The van der Waals surface area contributed by atoms with E-state index in [9.17, 15) is 8.78 Å². The van der Waals surface area contributed by atoms with E-state index < -0.39 is 11.6 Å². The third-order valence-electron chi connectivity index (χ3n) is 2.86. The Balaban J connectivity index is 1.81. The number of amidine groups is 1. The third kappa shape index (κ3) is 3.53. The highest BCUT2D eigenvalue weighted by atomic mass is 35.5. The number of hydrogen-bond donors (Lipinski definition) is 0. The van der Waals surface area contributed by atoms with Crippen LogP contribution in [0.2, 0.25) is 4.47 Å². The first-order valence-electron chi connectivity index (χ1n) is 6.13. The van der Waals surface area contributed by atoms with Gasteiger partial charge in [0.15, 0.2) is 15.5 Å². The molecule has 0 bridgehead atoms. The Hall–Kier alpha value is -1.18. The highest BCUT2D eigenvalue weighted by Crippen LogP contribution is 2.28. The van der Waals surface area contributed by atoms with Crippen LogP contribution in [0.3, 0.4) is 0 Å². The van der Waals surface area contributed by atoms with Crippen molar-refractivity contribution in [3.8, 4) is 0 Å². The van der Waals surface area contributed by atoms with Crippen LogP contribution in [0, 0.1) is 11.6 Å². The zero-order valence-electron chi connectivity index (χ0n) is 10.7. The number of thioether (sulfide) groups is 1. The zero-order chi connectivity index (χ0) is 14.8. The fourth-order valence-corrected chi connectivity index (χ4v) is 3.89. The maximum atomic E-state index is 13.7. The minimum absolute atomic E-state index is 0.146. The van der Waals surface area contributed by atoms with Crippen LogP contribution in [-0.4, -0.2) is 27.3 Å². The number of benzene rings is 1. The summed E-state index contributed by atoms with van der Waals surface area (Å²) in [5, 5.41) is 0.727. The Morgan fingerprint density at radius 1 is 1.38 bits per heavy atom. The van der Waals surface area contributed by atoms with Crippen LogP contribution in [0.25, 0.3) is 0 Å². The molecular weight excluding hydrogens is 336 g/mol. The first-order valence-corrected chi connectivity index (χ1v) is 8.31. The molecule has 110 valence electrons. The molecule has 0 radical (unpaired) electrons. The molecule has 1 aromatic heterocycles. The van der Waals surface area contributed by atoms with Gasteiger partial charge in [0.1, 0.15) is 11.5 Å². The van der Waals surface area contributed by atoms with Crippen LogP contribution in [0.15, 0.2) is 29.4 Å². The fraction of sp³-hybridized carbons (Fsp3) is 0.231. The maximum absolute atomic E-state index is 13.7. The van der Waals surface area contributed by atoms with Gasteiger partial charge in [0.25, 0.3) is 0 Å². The lowest BCUT2D eigenvalue weighted by Gasteiger charge is -2.16. The molecular formula is C13H10ClF2N3S2. The standard InChI is InChI=1S/C13H10ClF2N3S2/c14-12-17-6-9(21-12)7-19-3-4-20-13(19)18-11-2-1-8(15)5-10(11)16/h1-2,5-6H,3-4,7H2.